The van der Waals surface area contributed by atoms with Crippen molar-refractivity contribution in [3.63, 3.8) is 0 Å². The second-order valence-corrected chi connectivity index (χ2v) is 4.21. The zero-order valence-electron chi connectivity index (χ0n) is 12.2. The van der Waals surface area contributed by atoms with Gasteiger partial charge in [-0.25, -0.2) is 4.79 Å². The Morgan fingerprint density at radius 2 is 1.84 bits per heavy atom. The Balaban J connectivity index is 0. The van der Waals surface area contributed by atoms with Gasteiger partial charge >= 0.3 is 6.03 Å². The van der Waals surface area contributed by atoms with E-state index in [2.05, 4.69) is 16.0 Å². The Labute approximate surface area is 114 Å². The van der Waals surface area contributed by atoms with Crippen LogP contribution in [-0.2, 0) is 9.59 Å². The van der Waals surface area contributed by atoms with E-state index in [1.807, 2.05) is 20.8 Å². The van der Waals surface area contributed by atoms with Crippen molar-refractivity contribution >= 4 is 18.2 Å². The third-order valence-corrected chi connectivity index (χ3v) is 2.17. The van der Waals surface area contributed by atoms with Crippen LogP contribution in [0.5, 0.6) is 0 Å². The molecule has 0 saturated heterocycles. The number of carbonyl (C=O) groups is 3. The standard InChI is InChI=1S/C8H16N2O2.C4H10N2O/c1-6(2)7(9-3)8(12)10-4-5-11;1-2-3-6-4(5)7/h5-7,9H,4H2,1-3H3,(H,10,12);2-3H2,1H3,(H3,5,6,7). The molecule has 0 rings (SSSR count). The summed E-state index contributed by atoms with van der Waals surface area (Å²) in [7, 11) is 1.73. The fraction of sp³-hybridized carbons (Fsp3) is 0.750. The van der Waals surface area contributed by atoms with Crippen LogP contribution >= 0.6 is 0 Å². The molecule has 1 atom stereocenters. The minimum absolute atomic E-state index is 0.0870. The van der Waals surface area contributed by atoms with Gasteiger partial charge in [0.1, 0.15) is 6.29 Å². The first-order chi connectivity index (χ1) is 8.90. The second-order valence-electron chi connectivity index (χ2n) is 4.21. The van der Waals surface area contributed by atoms with E-state index < -0.39 is 6.03 Å². The van der Waals surface area contributed by atoms with Crippen LogP contribution in [-0.4, -0.2) is 44.4 Å². The van der Waals surface area contributed by atoms with E-state index in [9.17, 15) is 14.4 Å². The number of nitrogens with one attached hydrogen (secondary N) is 3. The molecule has 0 fully saturated rings. The lowest BCUT2D eigenvalue weighted by Gasteiger charge is -2.18. The lowest BCUT2D eigenvalue weighted by Crippen LogP contribution is -2.46. The molecular weight excluding hydrogens is 248 g/mol. The van der Waals surface area contributed by atoms with Gasteiger partial charge in [-0.2, -0.15) is 0 Å². The molecule has 0 bridgehead atoms. The highest BCUT2D eigenvalue weighted by Crippen LogP contribution is 1.99. The smallest absolute Gasteiger partial charge is 0.312 e. The number of hydrogen-bond acceptors (Lipinski definition) is 4. The molecule has 3 amide bonds. The molecular formula is C12H26N4O3. The fourth-order valence-electron chi connectivity index (χ4n) is 1.27. The highest BCUT2D eigenvalue weighted by atomic mass is 16.2. The first kappa shape index (κ1) is 19.7. The summed E-state index contributed by atoms with van der Waals surface area (Å²) < 4.78 is 0. The zero-order valence-corrected chi connectivity index (χ0v) is 12.2. The Hall–Kier alpha value is -1.63. The number of rotatable bonds is 7. The van der Waals surface area contributed by atoms with Crippen LogP contribution in [0.25, 0.3) is 0 Å². The SMILES string of the molecule is CCCNC(N)=O.CNC(C(=O)NCC=O)C(C)C. The third kappa shape index (κ3) is 12.6. The van der Waals surface area contributed by atoms with E-state index in [1.165, 1.54) is 0 Å². The van der Waals surface area contributed by atoms with Crippen LogP contribution in [0.4, 0.5) is 4.79 Å². The van der Waals surface area contributed by atoms with E-state index in [1.54, 1.807) is 7.05 Å². The van der Waals surface area contributed by atoms with Crippen LogP contribution < -0.4 is 21.7 Å². The van der Waals surface area contributed by atoms with Crippen LogP contribution in [0, 0.1) is 5.92 Å². The van der Waals surface area contributed by atoms with E-state index in [0.29, 0.717) is 12.8 Å². The molecule has 19 heavy (non-hydrogen) atoms. The minimum atomic E-state index is -0.443. The minimum Gasteiger partial charge on any atom is -0.352 e. The summed E-state index contributed by atoms with van der Waals surface area (Å²) in [5, 5.41) is 7.81. The first-order valence-electron chi connectivity index (χ1n) is 6.32. The fourth-order valence-corrected chi connectivity index (χ4v) is 1.27. The predicted molar refractivity (Wildman–Crippen MR) is 74.6 cm³/mol. The predicted octanol–water partition coefficient (Wildman–Crippen LogP) is -0.390. The van der Waals surface area contributed by atoms with Gasteiger partial charge in [-0.05, 0) is 19.4 Å². The maximum absolute atomic E-state index is 11.2. The molecule has 0 spiro atoms. The lowest BCUT2D eigenvalue weighted by molar-refractivity contribution is -0.125. The molecule has 1 unspecified atom stereocenters. The molecule has 0 aliphatic carbocycles. The summed E-state index contributed by atoms with van der Waals surface area (Å²) in [5.41, 5.74) is 4.73. The Morgan fingerprint density at radius 1 is 1.26 bits per heavy atom. The summed E-state index contributed by atoms with van der Waals surface area (Å²) in [5.74, 6) is 0.0984. The maximum Gasteiger partial charge on any atom is 0.312 e. The van der Waals surface area contributed by atoms with Crippen molar-refractivity contribution in [1.29, 1.82) is 0 Å². The van der Waals surface area contributed by atoms with Gasteiger partial charge < -0.3 is 26.5 Å². The highest BCUT2D eigenvalue weighted by Gasteiger charge is 2.18. The van der Waals surface area contributed by atoms with Crippen molar-refractivity contribution in [2.24, 2.45) is 11.7 Å². The van der Waals surface area contributed by atoms with E-state index in [4.69, 9.17) is 5.73 Å². The molecule has 0 aromatic heterocycles. The monoisotopic (exact) mass is 274 g/mol. The summed E-state index contributed by atoms with van der Waals surface area (Å²) >= 11 is 0. The van der Waals surface area contributed by atoms with Crippen molar-refractivity contribution in [3.05, 3.63) is 0 Å². The first-order valence-corrected chi connectivity index (χ1v) is 6.32. The quantitative estimate of drug-likeness (QED) is 0.473. The number of amides is 3. The Morgan fingerprint density at radius 3 is 2.11 bits per heavy atom. The second kappa shape index (κ2) is 12.8. The summed E-state index contributed by atoms with van der Waals surface area (Å²) in [6.07, 6.45) is 1.61. The molecule has 0 heterocycles. The number of primary amides is 1. The molecule has 0 saturated carbocycles. The van der Waals surface area contributed by atoms with E-state index in [0.717, 1.165) is 6.42 Å². The topological polar surface area (TPSA) is 113 Å². The van der Waals surface area contributed by atoms with Gasteiger partial charge in [-0.15, -0.1) is 0 Å². The van der Waals surface area contributed by atoms with Gasteiger partial charge in [-0.1, -0.05) is 20.8 Å². The lowest BCUT2D eigenvalue weighted by atomic mass is 10.0. The number of urea groups is 1. The normalized spacial score (nSPS) is 11.0. The number of hydrogen-bond donors (Lipinski definition) is 4. The number of likely N-dealkylation sites (N-methyl/N-ethyl adjacent to an activating group) is 1. The number of aldehydes is 1. The van der Waals surface area contributed by atoms with Gasteiger partial charge in [0.2, 0.25) is 5.91 Å². The molecule has 7 nitrogen and oxygen atoms in total. The number of carbonyl (C=O) groups excluding carboxylic acids is 3. The van der Waals surface area contributed by atoms with Crippen LogP contribution in [0.2, 0.25) is 0 Å². The van der Waals surface area contributed by atoms with Gasteiger partial charge in [0.15, 0.2) is 0 Å². The van der Waals surface area contributed by atoms with E-state index in [-0.39, 0.29) is 24.4 Å². The Bertz CT molecular complexity index is 270. The molecule has 0 aliphatic rings. The summed E-state index contributed by atoms with van der Waals surface area (Å²) in [4.78, 5) is 31.1. The Kier molecular flexibility index (Phi) is 13.3. The maximum atomic E-state index is 11.2. The van der Waals surface area contributed by atoms with Gasteiger partial charge in [0.25, 0.3) is 0 Å². The third-order valence-electron chi connectivity index (χ3n) is 2.17. The zero-order chi connectivity index (χ0) is 15.3. The van der Waals surface area contributed by atoms with Crippen LogP contribution in [0.15, 0.2) is 0 Å². The van der Waals surface area contributed by atoms with Gasteiger partial charge in [0.05, 0.1) is 12.6 Å². The highest BCUT2D eigenvalue weighted by molar-refractivity contribution is 5.83. The average Bonchev–Trinajstić information content (AvgIpc) is 2.34. The molecule has 0 aliphatic heterocycles. The summed E-state index contributed by atoms with van der Waals surface area (Å²) in [6.45, 7) is 6.62. The van der Waals surface area contributed by atoms with Crippen molar-refractivity contribution in [3.8, 4) is 0 Å². The van der Waals surface area contributed by atoms with Crippen LogP contribution in [0.1, 0.15) is 27.2 Å². The summed E-state index contributed by atoms with van der Waals surface area (Å²) in [6, 6.07) is -0.660. The number of nitrogens with two attached hydrogens (primary N) is 1. The molecule has 0 radical (unpaired) electrons. The largest absolute Gasteiger partial charge is 0.352 e. The molecule has 7 heteroatoms. The molecule has 0 aromatic carbocycles. The van der Waals surface area contributed by atoms with Crippen LogP contribution in [0.3, 0.4) is 0 Å². The van der Waals surface area contributed by atoms with Crippen molar-refractivity contribution in [2.45, 2.75) is 33.2 Å². The van der Waals surface area contributed by atoms with Crippen molar-refractivity contribution < 1.29 is 14.4 Å². The van der Waals surface area contributed by atoms with Gasteiger partial charge in [0, 0.05) is 6.54 Å². The van der Waals surface area contributed by atoms with Crippen molar-refractivity contribution in [2.75, 3.05) is 20.1 Å². The van der Waals surface area contributed by atoms with Gasteiger partial charge in [-0.3, -0.25) is 4.79 Å². The van der Waals surface area contributed by atoms with E-state index >= 15 is 0 Å². The molecule has 0 aromatic rings. The average molecular weight is 274 g/mol. The van der Waals surface area contributed by atoms with Crippen molar-refractivity contribution in [1.82, 2.24) is 16.0 Å². The molecule has 112 valence electrons. The molecule has 5 N–H and O–H groups in total.